The fraction of sp³-hybridized carbons (Fsp3) is 0.600. The van der Waals surface area contributed by atoms with Crippen molar-refractivity contribution in [1.82, 2.24) is 0 Å². The van der Waals surface area contributed by atoms with Crippen LogP contribution in [0.5, 0.6) is 5.75 Å². The number of halogens is 2. The number of benzene rings is 1. The Morgan fingerprint density at radius 1 is 1.11 bits per heavy atom. The molecule has 2 nitrogen and oxygen atoms in total. The highest BCUT2D eigenvalue weighted by molar-refractivity contribution is 5.32. The van der Waals surface area contributed by atoms with Crippen LogP contribution in [0.25, 0.3) is 0 Å². The molecule has 1 atom stereocenters. The van der Waals surface area contributed by atoms with E-state index in [9.17, 15) is 8.78 Å². The summed E-state index contributed by atoms with van der Waals surface area (Å²) in [5, 5.41) is 0. The summed E-state index contributed by atoms with van der Waals surface area (Å²) in [5.74, 6) is -1.08. The molecule has 0 aliphatic carbocycles. The van der Waals surface area contributed by atoms with Crippen molar-refractivity contribution in [2.75, 3.05) is 7.11 Å². The number of nitrogens with two attached hydrogens (primary N) is 1. The molecule has 2 N–H and O–H groups in total. The van der Waals surface area contributed by atoms with Gasteiger partial charge < -0.3 is 10.5 Å². The molecule has 0 spiro atoms. The number of hydrogen-bond donors (Lipinski definition) is 1. The van der Waals surface area contributed by atoms with Crippen LogP contribution in [0.4, 0.5) is 8.78 Å². The van der Waals surface area contributed by atoms with Gasteiger partial charge in [-0.15, -0.1) is 0 Å². The fourth-order valence-electron chi connectivity index (χ4n) is 2.15. The van der Waals surface area contributed by atoms with Crippen molar-refractivity contribution in [2.45, 2.75) is 51.5 Å². The van der Waals surface area contributed by atoms with E-state index in [2.05, 4.69) is 6.92 Å². The van der Waals surface area contributed by atoms with Crippen LogP contribution in [0.15, 0.2) is 12.1 Å². The van der Waals surface area contributed by atoms with E-state index >= 15 is 0 Å². The molecular weight excluding hydrogens is 248 g/mol. The standard InChI is InChI=1S/C15H23F2NO/c1-3-4-5-6-7-8-14(18)15-12(16)9-11(19-2)10-13(15)17/h9-10,14H,3-8,18H2,1-2H3. The summed E-state index contributed by atoms with van der Waals surface area (Å²) < 4.78 is 32.4. The van der Waals surface area contributed by atoms with Gasteiger partial charge in [-0.1, -0.05) is 39.0 Å². The number of unbranched alkanes of at least 4 members (excludes halogenated alkanes) is 4. The SMILES string of the molecule is CCCCCCCC(N)c1c(F)cc(OC)cc1F. The summed E-state index contributed by atoms with van der Waals surface area (Å²) in [6, 6.07) is 1.76. The smallest absolute Gasteiger partial charge is 0.134 e. The van der Waals surface area contributed by atoms with Gasteiger partial charge in [0, 0.05) is 23.7 Å². The normalized spacial score (nSPS) is 12.5. The van der Waals surface area contributed by atoms with E-state index in [1.807, 2.05) is 0 Å². The van der Waals surface area contributed by atoms with E-state index < -0.39 is 17.7 Å². The third kappa shape index (κ3) is 4.78. The molecule has 0 radical (unpaired) electrons. The van der Waals surface area contributed by atoms with Crippen LogP contribution in [0.2, 0.25) is 0 Å². The van der Waals surface area contributed by atoms with Crippen LogP contribution in [0.3, 0.4) is 0 Å². The molecule has 0 aromatic heterocycles. The molecule has 0 fully saturated rings. The minimum Gasteiger partial charge on any atom is -0.497 e. The number of ether oxygens (including phenoxy) is 1. The fourth-order valence-corrected chi connectivity index (χ4v) is 2.15. The molecule has 0 bridgehead atoms. The quantitative estimate of drug-likeness (QED) is 0.714. The summed E-state index contributed by atoms with van der Waals surface area (Å²) in [6.45, 7) is 2.15. The number of hydrogen-bond acceptors (Lipinski definition) is 2. The summed E-state index contributed by atoms with van der Waals surface area (Å²) in [7, 11) is 1.38. The molecule has 0 aliphatic heterocycles. The number of rotatable bonds is 8. The van der Waals surface area contributed by atoms with Gasteiger partial charge in [0.05, 0.1) is 7.11 Å². The maximum Gasteiger partial charge on any atom is 0.134 e. The van der Waals surface area contributed by atoms with Gasteiger partial charge in [-0.05, 0) is 6.42 Å². The first kappa shape index (κ1) is 15.9. The van der Waals surface area contributed by atoms with Crippen LogP contribution < -0.4 is 10.5 Å². The molecule has 0 saturated heterocycles. The zero-order chi connectivity index (χ0) is 14.3. The lowest BCUT2D eigenvalue weighted by Crippen LogP contribution is -2.14. The van der Waals surface area contributed by atoms with Crippen LogP contribution in [0.1, 0.15) is 57.1 Å². The second kappa shape index (κ2) is 8.10. The lowest BCUT2D eigenvalue weighted by molar-refractivity contribution is 0.402. The topological polar surface area (TPSA) is 35.2 Å². The van der Waals surface area contributed by atoms with Gasteiger partial charge in [-0.25, -0.2) is 8.78 Å². The summed E-state index contributed by atoms with van der Waals surface area (Å²) in [5.41, 5.74) is 5.85. The van der Waals surface area contributed by atoms with Gasteiger partial charge in [-0.3, -0.25) is 0 Å². The Morgan fingerprint density at radius 3 is 2.21 bits per heavy atom. The Bertz CT molecular complexity index is 373. The monoisotopic (exact) mass is 271 g/mol. The van der Waals surface area contributed by atoms with E-state index in [1.165, 1.54) is 32.1 Å². The highest BCUT2D eigenvalue weighted by Crippen LogP contribution is 2.27. The minimum absolute atomic E-state index is 0.0312. The molecule has 0 heterocycles. The Morgan fingerprint density at radius 2 is 1.68 bits per heavy atom. The molecule has 108 valence electrons. The van der Waals surface area contributed by atoms with Crippen molar-refractivity contribution in [3.05, 3.63) is 29.3 Å². The predicted octanol–water partition coefficient (Wildman–Crippen LogP) is 4.33. The Balaban J connectivity index is 2.59. The largest absolute Gasteiger partial charge is 0.497 e. The van der Waals surface area contributed by atoms with E-state index in [4.69, 9.17) is 10.5 Å². The first-order valence-electron chi connectivity index (χ1n) is 6.88. The zero-order valence-corrected chi connectivity index (χ0v) is 11.7. The van der Waals surface area contributed by atoms with Crippen molar-refractivity contribution in [3.8, 4) is 5.75 Å². The molecule has 0 amide bonds. The zero-order valence-electron chi connectivity index (χ0n) is 11.7. The first-order chi connectivity index (χ1) is 9.10. The maximum absolute atomic E-state index is 13.8. The predicted molar refractivity (Wildman–Crippen MR) is 73.2 cm³/mol. The summed E-state index contributed by atoms with van der Waals surface area (Å²) >= 11 is 0. The first-order valence-corrected chi connectivity index (χ1v) is 6.88. The van der Waals surface area contributed by atoms with Gasteiger partial charge in [0.15, 0.2) is 0 Å². The summed E-state index contributed by atoms with van der Waals surface area (Å²) in [6.07, 6.45) is 6.07. The molecule has 0 aliphatic rings. The molecule has 1 aromatic rings. The van der Waals surface area contributed by atoms with Crippen molar-refractivity contribution in [1.29, 1.82) is 0 Å². The van der Waals surface area contributed by atoms with Gasteiger partial charge in [0.2, 0.25) is 0 Å². The van der Waals surface area contributed by atoms with E-state index in [-0.39, 0.29) is 11.3 Å². The van der Waals surface area contributed by atoms with E-state index in [0.717, 1.165) is 19.3 Å². The lowest BCUT2D eigenvalue weighted by Gasteiger charge is -2.14. The minimum atomic E-state index is -0.627. The average Bonchev–Trinajstić information content (AvgIpc) is 2.37. The van der Waals surface area contributed by atoms with E-state index in [1.54, 1.807) is 0 Å². The maximum atomic E-state index is 13.8. The number of methoxy groups -OCH3 is 1. The van der Waals surface area contributed by atoms with Crippen LogP contribution in [-0.4, -0.2) is 7.11 Å². The highest BCUT2D eigenvalue weighted by Gasteiger charge is 2.18. The highest BCUT2D eigenvalue weighted by atomic mass is 19.1. The van der Waals surface area contributed by atoms with Crippen LogP contribution in [-0.2, 0) is 0 Å². The molecule has 0 saturated carbocycles. The molecule has 1 rings (SSSR count). The van der Waals surface area contributed by atoms with Gasteiger partial charge in [0.25, 0.3) is 0 Å². The molecule has 4 heteroatoms. The Kier molecular flexibility index (Phi) is 6.78. The van der Waals surface area contributed by atoms with Crippen molar-refractivity contribution in [3.63, 3.8) is 0 Å². The van der Waals surface area contributed by atoms with Gasteiger partial charge in [0.1, 0.15) is 17.4 Å². The third-order valence-electron chi connectivity index (χ3n) is 3.28. The molecule has 1 unspecified atom stereocenters. The van der Waals surface area contributed by atoms with Crippen molar-refractivity contribution < 1.29 is 13.5 Å². The molecule has 19 heavy (non-hydrogen) atoms. The Hall–Kier alpha value is -1.16. The molecular formula is C15H23F2NO. The van der Waals surface area contributed by atoms with Crippen LogP contribution in [0, 0.1) is 11.6 Å². The second-order valence-corrected chi connectivity index (χ2v) is 4.81. The Labute approximate surface area is 114 Å². The molecule has 1 aromatic carbocycles. The average molecular weight is 271 g/mol. The van der Waals surface area contributed by atoms with Gasteiger partial charge in [-0.2, -0.15) is 0 Å². The summed E-state index contributed by atoms with van der Waals surface area (Å²) in [4.78, 5) is 0. The third-order valence-corrected chi connectivity index (χ3v) is 3.28. The van der Waals surface area contributed by atoms with E-state index in [0.29, 0.717) is 6.42 Å². The lowest BCUT2D eigenvalue weighted by atomic mass is 9.99. The van der Waals surface area contributed by atoms with Crippen molar-refractivity contribution in [2.24, 2.45) is 5.73 Å². The second-order valence-electron chi connectivity index (χ2n) is 4.81. The van der Waals surface area contributed by atoms with Crippen LogP contribution >= 0.6 is 0 Å². The van der Waals surface area contributed by atoms with Gasteiger partial charge >= 0.3 is 0 Å². The van der Waals surface area contributed by atoms with Crippen molar-refractivity contribution >= 4 is 0 Å².